The number of aromatic carboxylic acids is 1. The number of hydrogen-bond donors (Lipinski definition) is 3. The van der Waals surface area contributed by atoms with E-state index in [4.69, 9.17) is 5.11 Å². The lowest BCUT2D eigenvalue weighted by atomic mass is 10.2. The molecule has 1 aromatic heterocycles. The second-order valence-electron chi connectivity index (χ2n) is 4.65. The topological polar surface area (TPSA) is 82.5 Å². The number of carbonyl (C=O) groups is 1. The van der Waals surface area contributed by atoms with Gasteiger partial charge in [0.1, 0.15) is 5.75 Å². The Morgan fingerprint density at radius 2 is 2.05 bits per heavy atom. The minimum absolute atomic E-state index is 0.0181. The molecule has 1 heterocycles. The molecule has 6 heteroatoms. The van der Waals surface area contributed by atoms with Crippen molar-refractivity contribution in [1.29, 1.82) is 0 Å². The lowest BCUT2D eigenvalue weighted by Gasteiger charge is -2.06. The van der Waals surface area contributed by atoms with Crippen LogP contribution in [0.3, 0.4) is 0 Å². The molecule has 21 heavy (non-hydrogen) atoms. The zero-order chi connectivity index (χ0) is 15.0. The third kappa shape index (κ3) is 2.66. The Hall–Kier alpha value is -2.60. The van der Waals surface area contributed by atoms with E-state index in [0.717, 1.165) is 15.8 Å². The molecular formula is C15H12N2O3S. The number of phenolic OH excluding ortho intramolecular Hbond substituents is 1. The highest BCUT2D eigenvalue weighted by atomic mass is 32.1. The lowest BCUT2D eigenvalue weighted by Crippen LogP contribution is -1.98. The van der Waals surface area contributed by atoms with Crippen LogP contribution in [0.5, 0.6) is 5.75 Å². The first kappa shape index (κ1) is 13.4. The normalized spacial score (nSPS) is 10.7. The molecule has 0 amide bonds. The summed E-state index contributed by atoms with van der Waals surface area (Å²) in [5.41, 5.74) is 2.44. The minimum atomic E-state index is -1.04. The number of aryl methyl sites for hydroxylation is 1. The van der Waals surface area contributed by atoms with E-state index in [0.29, 0.717) is 10.8 Å². The Balaban J connectivity index is 1.98. The van der Waals surface area contributed by atoms with Gasteiger partial charge in [0.05, 0.1) is 21.5 Å². The highest BCUT2D eigenvalue weighted by Crippen LogP contribution is 2.32. The molecule has 0 aliphatic heterocycles. The van der Waals surface area contributed by atoms with Crippen LogP contribution in [0.2, 0.25) is 0 Å². The first-order valence-electron chi connectivity index (χ1n) is 6.23. The van der Waals surface area contributed by atoms with Gasteiger partial charge in [-0.3, -0.25) is 0 Å². The summed E-state index contributed by atoms with van der Waals surface area (Å²) in [6, 6.07) is 10.0. The predicted molar refractivity (Wildman–Crippen MR) is 82.7 cm³/mol. The van der Waals surface area contributed by atoms with Crippen molar-refractivity contribution in [3.63, 3.8) is 0 Å². The number of thiazole rings is 1. The summed E-state index contributed by atoms with van der Waals surface area (Å²) in [6.45, 7) is 2.01. The fourth-order valence-corrected chi connectivity index (χ4v) is 2.95. The number of anilines is 2. The van der Waals surface area contributed by atoms with E-state index in [-0.39, 0.29) is 11.3 Å². The summed E-state index contributed by atoms with van der Waals surface area (Å²) in [4.78, 5) is 15.4. The minimum Gasteiger partial charge on any atom is -0.506 e. The highest BCUT2D eigenvalue weighted by molar-refractivity contribution is 7.22. The van der Waals surface area contributed by atoms with Crippen molar-refractivity contribution >= 4 is 38.3 Å². The summed E-state index contributed by atoms with van der Waals surface area (Å²) >= 11 is 1.45. The van der Waals surface area contributed by atoms with Gasteiger partial charge in [0.15, 0.2) is 5.13 Å². The van der Waals surface area contributed by atoms with Crippen LogP contribution in [0, 0.1) is 6.92 Å². The molecule has 0 saturated carbocycles. The Morgan fingerprint density at radius 1 is 1.24 bits per heavy atom. The number of hydrogen-bond acceptors (Lipinski definition) is 5. The smallest absolute Gasteiger partial charge is 0.335 e. The number of carboxylic acids is 1. The van der Waals surface area contributed by atoms with Crippen molar-refractivity contribution in [2.75, 3.05) is 5.32 Å². The fraction of sp³-hybridized carbons (Fsp3) is 0.0667. The molecule has 0 atom stereocenters. The lowest BCUT2D eigenvalue weighted by molar-refractivity contribution is 0.0697. The molecule has 3 aromatic rings. The van der Waals surface area contributed by atoms with Crippen molar-refractivity contribution in [1.82, 2.24) is 4.98 Å². The van der Waals surface area contributed by atoms with Crippen molar-refractivity contribution in [2.45, 2.75) is 6.92 Å². The Morgan fingerprint density at radius 3 is 2.81 bits per heavy atom. The summed E-state index contributed by atoms with van der Waals surface area (Å²) in [5.74, 6) is -1.06. The molecule has 0 aliphatic rings. The van der Waals surface area contributed by atoms with E-state index >= 15 is 0 Å². The molecular weight excluding hydrogens is 288 g/mol. The van der Waals surface area contributed by atoms with Crippen molar-refractivity contribution < 1.29 is 15.0 Å². The molecule has 3 rings (SSSR count). The van der Waals surface area contributed by atoms with Crippen LogP contribution >= 0.6 is 11.3 Å². The van der Waals surface area contributed by atoms with Crippen LogP contribution in [0.4, 0.5) is 10.8 Å². The fourth-order valence-electron chi connectivity index (χ4n) is 1.97. The summed E-state index contributed by atoms with van der Waals surface area (Å²) in [5, 5.41) is 22.4. The van der Waals surface area contributed by atoms with Crippen molar-refractivity contribution in [2.24, 2.45) is 0 Å². The molecule has 2 aromatic carbocycles. The molecule has 0 unspecified atom stereocenters. The van der Waals surface area contributed by atoms with Crippen LogP contribution in [-0.4, -0.2) is 21.2 Å². The number of aromatic nitrogens is 1. The SMILES string of the molecule is Cc1ccc2nc(Nc3cc(C(=O)O)ccc3O)sc2c1. The summed E-state index contributed by atoms with van der Waals surface area (Å²) in [7, 11) is 0. The van der Waals surface area contributed by atoms with Crippen LogP contribution in [0.25, 0.3) is 10.2 Å². The zero-order valence-electron chi connectivity index (χ0n) is 11.1. The number of rotatable bonds is 3. The monoisotopic (exact) mass is 300 g/mol. The van der Waals surface area contributed by atoms with Gasteiger partial charge in [0, 0.05) is 0 Å². The highest BCUT2D eigenvalue weighted by Gasteiger charge is 2.10. The second-order valence-corrected chi connectivity index (χ2v) is 5.68. The number of aromatic hydroxyl groups is 1. The number of nitrogens with one attached hydrogen (secondary N) is 1. The third-order valence-corrected chi connectivity index (χ3v) is 3.96. The summed E-state index contributed by atoms with van der Waals surface area (Å²) < 4.78 is 1.03. The van der Waals surface area contributed by atoms with Gasteiger partial charge >= 0.3 is 5.97 Å². The second kappa shape index (κ2) is 5.06. The Labute approximate surface area is 124 Å². The van der Waals surface area contributed by atoms with Gasteiger partial charge in [-0.05, 0) is 42.8 Å². The van der Waals surface area contributed by atoms with Crippen LogP contribution in [-0.2, 0) is 0 Å². The van der Waals surface area contributed by atoms with Gasteiger partial charge in [0.25, 0.3) is 0 Å². The standard InChI is InChI=1S/C15H12N2O3S/c1-8-2-4-10-13(6-8)21-15(16-10)17-11-7-9(14(19)20)3-5-12(11)18/h2-7,18H,1H3,(H,16,17)(H,19,20). The maximum absolute atomic E-state index is 11.0. The molecule has 0 bridgehead atoms. The van der Waals surface area contributed by atoms with E-state index in [1.807, 2.05) is 25.1 Å². The van der Waals surface area contributed by atoms with Crippen molar-refractivity contribution in [3.8, 4) is 5.75 Å². The predicted octanol–water partition coefficient (Wildman–Crippen LogP) is 3.75. The van der Waals surface area contributed by atoms with Gasteiger partial charge in [-0.2, -0.15) is 0 Å². The first-order chi connectivity index (χ1) is 10.0. The average molecular weight is 300 g/mol. The van der Waals surface area contributed by atoms with E-state index in [1.165, 1.54) is 29.5 Å². The quantitative estimate of drug-likeness (QED) is 0.642. The van der Waals surface area contributed by atoms with Crippen LogP contribution in [0.1, 0.15) is 15.9 Å². The number of fused-ring (bicyclic) bond motifs is 1. The maximum Gasteiger partial charge on any atom is 0.335 e. The molecule has 0 aliphatic carbocycles. The Kier molecular flexibility index (Phi) is 3.23. The van der Waals surface area contributed by atoms with Gasteiger partial charge in [-0.15, -0.1) is 0 Å². The zero-order valence-corrected chi connectivity index (χ0v) is 11.9. The largest absolute Gasteiger partial charge is 0.506 e. The molecule has 0 saturated heterocycles. The number of benzene rings is 2. The van der Waals surface area contributed by atoms with E-state index < -0.39 is 5.97 Å². The number of carboxylic acid groups (broad SMARTS) is 1. The van der Waals surface area contributed by atoms with Gasteiger partial charge in [-0.25, -0.2) is 9.78 Å². The molecule has 0 fully saturated rings. The van der Waals surface area contributed by atoms with Crippen molar-refractivity contribution in [3.05, 3.63) is 47.5 Å². The van der Waals surface area contributed by atoms with Gasteiger partial charge in [-0.1, -0.05) is 17.4 Å². The maximum atomic E-state index is 11.0. The van der Waals surface area contributed by atoms with E-state index in [1.54, 1.807) is 0 Å². The average Bonchev–Trinajstić information content (AvgIpc) is 2.82. The Bertz CT molecular complexity index is 842. The number of phenols is 1. The van der Waals surface area contributed by atoms with Gasteiger partial charge < -0.3 is 15.5 Å². The number of nitrogens with zero attached hydrogens (tertiary/aromatic N) is 1. The first-order valence-corrected chi connectivity index (χ1v) is 7.05. The van der Waals surface area contributed by atoms with Crippen LogP contribution < -0.4 is 5.32 Å². The van der Waals surface area contributed by atoms with Gasteiger partial charge in [0.2, 0.25) is 0 Å². The molecule has 0 spiro atoms. The third-order valence-electron chi connectivity index (χ3n) is 3.03. The summed E-state index contributed by atoms with van der Waals surface area (Å²) in [6.07, 6.45) is 0. The molecule has 3 N–H and O–H groups in total. The van der Waals surface area contributed by atoms with E-state index in [2.05, 4.69) is 10.3 Å². The molecule has 106 valence electrons. The van der Waals surface area contributed by atoms with E-state index in [9.17, 15) is 9.90 Å². The van der Waals surface area contributed by atoms with Crippen LogP contribution in [0.15, 0.2) is 36.4 Å². The molecule has 0 radical (unpaired) electrons. The molecule has 5 nitrogen and oxygen atoms in total.